The summed E-state index contributed by atoms with van der Waals surface area (Å²) in [5.74, 6) is 0.879. The maximum absolute atomic E-state index is 5.74. The second-order valence-corrected chi connectivity index (χ2v) is 5.12. The molecule has 0 bridgehead atoms. The van der Waals surface area contributed by atoms with Crippen molar-refractivity contribution in [3.63, 3.8) is 0 Å². The third kappa shape index (κ3) is 8.30. The highest BCUT2D eigenvalue weighted by atomic mass is 32.1. The summed E-state index contributed by atoms with van der Waals surface area (Å²) in [7, 11) is 0. The van der Waals surface area contributed by atoms with Crippen molar-refractivity contribution >= 4 is 23.5 Å². The zero-order valence-corrected chi connectivity index (χ0v) is 13.7. The number of rotatable bonds is 9. The van der Waals surface area contributed by atoms with Crippen LogP contribution in [0.4, 0.5) is 0 Å². The quantitative estimate of drug-likeness (QED) is 0.317. The van der Waals surface area contributed by atoms with Crippen LogP contribution in [0.2, 0.25) is 0 Å². The van der Waals surface area contributed by atoms with Gasteiger partial charge in [0.2, 0.25) is 0 Å². The summed E-state index contributed by atoms with van der Waals surface area (Å²) in [6.45, 7) is 5.74. The molecule has 2 N–H and O–H groups in total. The first-order valence-corrected chi connectivity index (χ1v) is 7.96. The first-order valence-electron chi connectivity index (χ1n) is 7.56. The van der Waals surface area contributed by atoms with Gasteiger partial charge in [-0.15, -0.1) is 0 Å². The fourth-order valence-corrected chi connectivity index (χ4v) is 1.97. The van der Waals surface area contributed by atoms with Crippen LogP contribution in [0.15, 0.2) is 29.4 Å². The van der Waals surface area contributed by atoms with Crippen LogP contribution in [0.5, 0.6) is 5.75 Å². The van der Waals surface area contributed by atoms with Crippen molar-refractivity contribution < 1.29 is 4.74 Å². The van der Waals surface area contributed by atoms with Gasteiger partial charge in [-0.25, -0.2) is 0 Å². The molecular formula is C16H25N3OS. The van der Waals surface area contributed by atoms with E-state index < -0.39 is 0 Å². The molecule has 0 fully saturated rings. The maximum Gasteiger partial charge on any atom is 0.186 e. The minimum Gasteiger partial charge on any atom is -0.494 e. The highest BCUT2D eigenvalue weighted by Gasteiger charge is 1.96. The van der Waals surface area contributed by atoms with Crippen LogP contribution in [0, 0.1) is 0 Å². The maximum atomic E-state index is 5.74. The van der Waals surface area contributed by atoms with Gasteiger partial charge in [0.25, 0.3) is 0 Å². The van der Waals surface area contributed by atoms with E-state index >= 15 is 0 Å². The number of ether oxygens (including phenoxy) is 1. The molecule has 1 rings (SSSR count). The molecule has 1 aromatic carbocycles. The largest absolute Gasteiger partial charge is 0.494 e. The summed E-state index contributed by atoms with van der Waals surface area (Å²) >= 11 is 5.03. The molecule has 0 aromatic heterocycles. The van der Waals surface area contributed by atoms with Gasteiger partial charge in [0, 0.05) is 6.54 Å². The lowest BCUT2D eigenvalue weighted by Gasteiger charge is -2.06. The Bertz CT molecular complexity index is 449. The lowest BCUT2D eigenvalue weighted by Crippen LogP contribution is -2.31. The molecule has 4 nitrogen and oxygen atoms in total. The van der Waals surface area contributed by atoms with Crippen LogP contribution in [0.3, 0.4) is 0 Å². The van der Waals surface area contributed by atoms with E-state index in [9.17, 15) is 0 Å². The van der Waals surface area contributed by atoms with Gasteiger partial charge >= 0.3 is 0 Å². The van der Waals surface area contributed by atoms with Gasteiger partial charge in [-0.1, -0.05) is 38.3 Å². The van der Waals surface area contributed by atoms with Crippen LogP contribution >= 0.6 is 12.2 Å². The summed E-state index contributed by atoms with van der Waals surface area (Å²) in [6, 6.07) is 7.88. The molecule has 0 aliphatic heterocycles. The molecule has 0 saturated heterocycles. The Balaban J connectivity index is 2.37. The average molecular weight is 307 g/mol. The Labute approximate surface area is 133 Å². The van der Waals surface area contributed by atoms with E-state index in [1.165, 1.54) is 19.3 Å². The van der Waals surface area contributed by atoms with Crippen molar-refractivity contribution in [2.45, 2.75) is 39.5 Å². The molecule has 0 unspecified atom stereocenters. The SMILES string of the molecule is CCCCCCOc1cccc(/C=N/NC(=S)NCC)c1. The molecule has 0 heterocycles. The van der Waals surface area contributed by atoms with Crippen molar-refractivity contribution in [3.8, 4) is 5.75 Å². The Morgan fingerprint density at radius 3 is 2.90 bits per heavy atom. The Kier molecular flexibility index (Phi) is 9.20. The molecule has 116 valence electrons. The summed E-state index contributed by atoms with van der Waals surface area (Å²) < 4.78 is 5.74. The second-order valence-electron chi connectivity index (χ2n) is 4.71. The fraction of sp³-hybridized carbons (Fsp3) is 0.500. The number of hydrazone groups is 1. The van der Waals surface area contributed by atoms with Crippen LogP contribution in [0.1, 0.15) is 45.1 Å². The highest BCUT2D eigenvalue weighted by Crippen LogP contribution is 2.12. The van der Waals surface area contributed by atoms with E-state index in [-0.39, 0.29) is 0 Å². The topological polar surface area (TPSA) is 45.6 Å². The predicted octanol–water partition coefficient (Wildman–Crippen LogP) is 3.46. The smallest absolute Gasteiger partial charge is 0.186 e. The minimum atomic E-state index is 0.525. The molecule has 0 amide bonds. The van der Waals surface area contributed by atoms with E-state index in [0.29, 0.717) is 5.11 Å². The lowest BCUT2D eigenvalue weighted by atomic mass is 10.2. The third-order valence-electron chi connectivity index (χ3n) is 2.84. The fourth-order valence-electron chi connectivity index (χ4n) is 1.77. The highest BCUT2D eigenvalue weighted by molar-refractivity contribution is 7.80. The zero-order valence-electron chi connectivity index (χ0n) is 12.9. The number of unbranched alkanes of at least 4 members (excludes halogenated alkanes) is 3. The summed E-state index contributed by atoms with van der Waals surface area (Å²) in [4.78, 5) is 0. The predicted molar refractivity (Wildman–Crippen MR) is 93.1 cm³/mol. The third-order valence-corrected chi connectivity index (χ3v) is 3.08. The van der Waals surface area contributed by atoms with E-state index in [0.717, 1.165) is 30.9 Å². The van der Waals surface area contributed by atoms with Crippen molar-refractivity contribution in [2.24, 2.45) is 5.10 Å². The minimum absolute atomic E-state index is 0.525. The van der Waals surface area contributed by atoms with Gasteiger partial charge < -0.3 is 10.1 Å². The molecular weight excluding hydrogens is 282 g/mol. The van der Waals surface area contributed by atoms with Crippen LogP contribution in [-0.2, 0) is 0 Å². The van der Waals surface area contributed by atoms with Crippen LogP contribution in [-0.4, -0.2) is 24.5 Å². The van der Waals surface area contributed by atoms with Crippen molar-refractivity contribution in [2.75, 3.05) is 13.2 Å². The first kappa shape index (κ1) is 17.4. The molecule has 0 aliphatic rings. The standard InChI is InChI=1S/C16H25N3OS/c1-3-5-6-7-11-20-15-10-8-9-14(12-15)13-18-19-16(21)17-4-2/h8-10,12-13H,3-7,11H2,1-2H3,(H2,17,19,21)/b18-13+. The molecule has 0 atom stereocenters. The number of benzene rings is 1. The van der Waals surface area contributed by atoms with E-state index in [4.69, 9.17) is 17.0 Å². The van der Waals surface area contributed by atoms with E-state index in [2.05, 4.69) is 22.8 Å². The Hall–Kier alpha value is -1.62. The van der Waals surface area contributed by atoms with Crippen molar-refractivity contribution in [1.82, 2.24) is 10.7 Å². The van der Waals surface area contributed by atoms with E-state index in [1.807, 2.05) is 31.2 Å². The van der Waals surface area contributed by atoms with E-state index in [1.54, 1.807) is 6.21 Å². The first-order chi connectivity index (χ1) is 10.3. The summed E-state index contributed by atoms with van der Waals surface area (Å²) in [5.41, 5.74) is 3.75. The summed E-state index contributed by atoms with van der Waals surface area (Å²) in [5, 5.41) is 7.58. The van der Waals surface area contributed by atoms with Gasteiger partial charge in [-0.3, -0.25) is 5.43 Å². The second kappa shape index (κ2) is 11.1. The molecule has 0 saturated carbocycles. The van der Waals surface area contributed by atoms with Crippen molar-refractivity contribution in [3.05, 3.63) is 29.8 Å². The molecule has 0 radical (unpaired) electrons. The van der Waals surface area contributed by atoms with Crippen molar-refractivity contribution in [1.29, 1.82) is 0 Å². The van der Waals surface area contributed by atoms with Crippen LogP contribution < -0.4 is 15.5 Å². The number of hydrogen-bond donors (Lipinski definition) is 2. The normalized spacial score (nSPS) is 10.6. The molecule has 5 heteroatoms. The zero-order chi connectivity index (χ0) is 15.3. The van der Waals surface area contributed by atoms with Gasteiger partial charge in [-0.2, -0.15) is 5.10 Å². The number of hydrogen-bond acceptors (Lipinski definition) is 3. The molecule has 21 heavy (non-hydrogen) atoms. The number of nitrogens with zero attached hydrogens (tertiary/aromatic N) is 1. The monoisotopic (exact) mass is 307 g/mol. The number of thiocarbonyl (C=S) groups is 1. The van der Waals surface area contributed by atoms with Gasteiger partial charge in [-0.05, 0) is 43.3 Å². The summed E-state index contributed by atoms with van der Waals surface area (Å²) in [6.07, 6.45) is 6.57. The lowest BCUT2D eigenvalue weighted by molar-refractivity contribution is 0.305. The van der Waals surface area contributed by atoms with Gasteiger partial charge in [0.15, 0.2) is 5.11 Å². The van der Waals surface area contributed by atoms with Gasteiger partial charge in [0.1, 0.15) is 5.75 Å². The number of nitrogens with one attached hydrogen (secondary N) is 2. The van der Waals surface area contributed by atoms with Gasteiger partial charge in [0.05, 0.1) is 12.8 Å². The molecule has 1 aromatic rings. The Morgan fingerprint density at radius 1 is 1.29 bits per heavy atom. The van der Waals surface area contributed by atoms with Crippen LogP contribution in [0.25, 0.3) is 0 Å². The Morgan fingerprint density at radius 2 is 2.14 bits per heavy atom. The molecule has 0 aliphatic carbocycles. The molecule has 0 spiro atoms. The average Bonchev–Trinajstić information content (AvgIpc) is 2.48.